The number of anilines is 1. The number of piperidine rings is 1. The summed E-state index contributed by atoms with van der Waals surface area (Å²) >= 11 is 0. The van der Waals surface area contributed by atoms with Gasteiger partial charge in [0.25, 0.3) is 6.47 Å². The van der Waals surface area contributed by atoms with Crippen LogP contribution < -0.4 is 4.90 Å². The molecule has 0 bridgehead atoms. The summed E-state index contributed by atoms with van der Waals surface area (Å²) in [6, 6.07) is 10.4. The molecule has 1 saturated heterocycles. The van der Waals surface area contributed by atoms with Gasteiger partial charge >= 0.3 is 12.8 Å². The topological polar surface area (TPSA) is 49.8 Å². The largest absolute Gasteiger partial charge is 0.483 e. The Labute approximate surface area is 175 Å². The lowest BCUT2D eigenvalue weighted by molar-refractivity contribution is -0.137. The Morgan fingerprint density at radius 1 is 1.13 bits per heavy atom. The summed E-state index contributed by atoms with van der Waals surface area (Å²) < 4.78 is 81.3. The Bertz CT molecular complexity index is 829. The van der Waals surface area contributed by atoms with Crippen LogP contribution in [0.5, 0.6) is 0 Å². The average Bonchev–Trinajstić information content (AvgIpc) is 2.72. The molecule has 1 aliphatic heterocycles. The van der Waals surface area contributed by atoms with Crippen LogP contribution in [0.1, 0.15) is 29.9 Å². The number of hydrogen-bond donors (Lipinski definition) is 1. The van der Waals surface area contributed by atoms with Crippen molar-refractivity contribution in [2.75, 3.05) is 18.1 Å². The maximum atomic E-state index is 13.7. The van der Waals surface area contributed by atoms with Crippen molar-refractivity contribution in [3.63, 3.8) is 0 Å². The highest BCUT2D eigenvalue weighted by Crippen LogP contribution is 2.36. The van der Waals surface area contributed by atoms with Crippen molar-refractivity contribution in [2.24, 2.45) is 0 Å². The molecule has 170 valence electrons. The number of hydrogen-bond acceptors (Lipinski definition) is 3. The van der Waals surface area contributed by atoms with Gasteiger partial charge in [0.15, 0.2) is 0 Å². The molecule has 31 heavy (non-hydrogen) atoms. The van der Waals surface area contributed by atoms with Crippen LogP contribution in [-0.4, -0.2) is 37.4 Å². The van der Waals surface area contributed by atoms with Crippen LogP contribution in [0.3, 0.4) is 0 Å². The van der Waals surface area contributed by atoms with Crippen molar-refractivity contribution >= 4 is 12.2 Å². The van der Waals surface area contributed by atoms with Crippen LogP contribution in [-0.2, 0) is 15.7 Å². The maximum absolute atomic E-state index is 13.7. The van der Waals surface area contributed by atoms with Gasteiger partial charge in [0.05, 0.1) is 18.2 Å². The van der Waals surface area contributed by atoms with Gasteiger partial charge < -0.3 is 14.7 Å². The lowest BCUT2D eigenvalue weighted by atomic mass is 9.86. The van der Waals surface area contributed by atoms with E-state index in [1.807, 2.05) is 0 Å². The number of nitrogens with zero attached hydrogens (tertiary/aromatic N) is 1. The van der Waals surface area contributed by atoms with Gasteiger partial charge in [0.1, 0.15) is 5.82 Å². The molecule has 1 fully saturated rings. The molecule has 1 heterocycles. The Hall–Kier alpha value is -2.75. The van der Waals surface area contributed by atoms with Gasteiger partial charge in [-0.15, -0.1) is 0 Å². The maximum Gasteiger partial charge on any atom is 0.416 e. The number of carbonyl (C=O) groups is 1. The molecule has 2 atom stereocenters. The molecule has 2 aromatic rings. The van der Waals surface area contributed by atoms with E-state index in [4.69, 9.17) is 9.90 Å². The zero-order chi connectivity index (χ0) is 23.0. The van der Waals surface area contributed by atoms with E-state index in [2.05, 4.69) is 4.74 Å². The van der Waals surface area contributed by atoms with Gasteiger partial charge in [-0.05, 0) is 48.7 Å². The van der Waals surface area contributed by atoms with Gasteiger partial charge in [-0.25, -0.2) is 4.39 Å². The van der Waals surface area contributed by atoms with Gasteiger partial charge in [-0.3, -0.25) is 4.79 Å². The SMILES string of the molecule is Fc1cccc(N2C[C@H](c3ccc(C(F)(F)F)cc3)CC[C@H]2COC(F)F)c1.O=CO. The Kier molecular flexibility index (Phi) is 8.73. The number of rotatable bonds is 5. The first-order valence-corrected chi connectivity index (χ1v) is 9.32. The highest BCUT2D eigenvalue weighted by Gasteiger charge is 2.32. The molecule has 2 aromatic carbocycles. The lowest BCUT2D eigenvalue weighted by Gasteiger charge is -2.41. The van der Waals surface area contributed by atoms with E-state index in [1.165, 1.54) is 30.3 Å². The molecule has 0 radical (unpaired) electrons. The van der Waals surface area contributed by atoms with E-state index < -0.39 is 24.2 Å². The fourth-order valence-electron chi connectivity index (χ4n) is 3.57. The first-order chi connectivity index (χ1) is 14.7. The number of ether oxygens (including phenoxy) is 1. The standard InChI is InChI=1S/C20H19F6NO.CH2O2/c21-16-2-1-3-17(10-16)27-11-14(6-9-18(27)12-28-19(22)23)13-4-7-15(8-5-13)20(24,25)26;2-1-3/h1-5,7-8,10,14,18-19H,6,9,11-12H2;1H,(H,2,3)/t14-,18+;/m1./s1. The zero-order valence-electron chi connectivity index (χ0n) is 16.2. The summed E-state index contributed by atoms with van der Waals surface area (Å²) in [5, 5.41) is 6.89. The van der Waals surface area contributed by atoms with Crippen LogP contribution in [0.4, 0.5) is 32.0 Å². The highest BCUT2D eigenvalue weighted by molar-refractivity contribution is 5.49. The van der Waals surface area contributed by atoms with E-state index in [1.54, 1.807) is 11.0 Å². The molecule has 3 rings (SSSR count). The molecule has 4 nitrogen and oxygen atoms in total. The second-order valence-electron chi connectivity index (χ2n) is 6.88. The predicted octanol–water partition coefficient (Wildman–Crippen LogP) is 5.54. The normalized spacial score (nSPS) is 19.0. The molecule has 1 aliphatic rings. The fourth-order valence-corrected chi connectivity index (χ4v) is 3.57. The number of alkyl halides is 5. The second kappa shape index (κ2) is 11.0. The van der Waals surface area contributed by atoms with Crippen molar-refractivity contribution in [3.8, 4) is 0 Å². The van der Waals surface area contributed by atoms with Crippen LogP contribution in [0.15, 0.2) is 48.5 Å². The van der Waals surface area contributed by atoms with Gasteiger partial charge in [-0.2, -0.15) is 22.0 Å². The minimum atomic E-state index is -4.41. The van der Waals surface area contributed by atoms with E-state index in [-0.39, 0.29) is 25.0 Å². The summed E-state index contributed by atoms with van der Waals surface area (Å²) in [5.41, 5.74) is 0.527. The van der Waals surface area contributed by atoms with E-state index >= 15 is 0 Å². The summed E-state index contributed by atoms with van der Waals surface area (Å²) in [4.78, 5) is 10.2. The predicted molar refractivity (Wildman–Crippen MR) is 102 cm³/mol. The minimum absolute atomic E-state index is 0.103. The van der Waals surface area contributed by atoms with Crippen molar-refractivity contribution in [1.29, 1.82) is 0 Å². The van der Waals surface area contributed by atoms with Crippen LogP contribution in [0.2, 0.25) is 0 Å². The van der Waals surface area contributed by atoms with Gasteiger partial charge in [-0.1, -0.05) is 18.2 Å². The minimum Gasteiger partial charge on any atom is -0.483 e. The van der Waals surface area contributed by atoms with Crippen LogP contribution >= 0.6 is 0 Å². The highest BCUT2D eigenvalue weighted by atomic mass is 19.4. The number of halogens is 6. The Morgan fingerprint density at radius 3 is 2.32 bits per heavy atom. The third-order valence-corrected chi connectivity index (χ3v) is 4.97. The summed E-state index contributed by atoms with van der Waals surface area (Å²) in [5.74, 6) is -0.559. The number of benzene rings is 2. The van der Waals surface area contributed by atoms with Crippen molar-refractivity contribution in [3.05, 3.63) is 65.5 Å². The fraction of sp³-hybridized carbons (Fsp3) is 0.381. The molecule has 0 spiro atoms. The van der Waals surface area contributed by atoms with E-state index in [0.717, 1.165) is 17.7 Å². The third-order valence-electron chi connectivity index (χ3n) is 4.97. The monoisotopic (exact) mass is 449 g/mol. The Morgan fingerprint density at radius 2 is 1.77 bits per heavy atom. The molecule has 0 amide bonds. The first-order valence-electron chi connectivity index (χ1n) is 9.32. The molecule has 1 N–H and O–H groups in total. The molecule has 0 aromatic heterocycles. The molecular formula is C21H21F6NO3. The first kappa shape index (κ1) is 24.5. The van der Waals surface area contributed by atoms with Crippen molar-refractivity contribution in [2.45, 2.75) is 37.6 Å². The van der Waals surface area contributed by atoms with Gasteiger partial charge in [0.2, 0.25) is 0 Å². The average molecular weight is 449 g/mol. The number of carboxylic acid groups (broad SMARTS) is 1. The van der Waals surface area contributed by atoms with E-state index in [0.29, 0.717) is 25.1 Å². The summed E-state index contributed by atoms with van der Waals surface area (Å²) in [7, 11) is 0. The summed E-state index contributed by atoms with van der Waals surface area (Å²) in [6.45, 7) is -3.00. The second-order valence-corrected chi connectivity index (χ2v) is 6.88. The zero-order valence-corrected chi connectivity index (χ0v) is 16.2. The van der Waals surface area contributed by atoms with E-state index in [9.17, 15) is 26.3 Å². The third kappa shape index (κ3) is 7.16. The quantitative estimate of drug-likeness (QED) is 0.481. The molecule has 0 unspecified atom stereocenters. The molecular weight excluding hydrogens is 428 g/mol. The molecule has 0 saturated carbocycles. The smallest absolute Gasteiger partial charge is 0.416 e. The molecule has 0 aliphatic carbocycles. The van der Waals surface area contributed by atoms with Crippen LogP contribution in [0, 0.1) is 5.82 Å². The van der Waals surface area contributed by atoms with Crippen molar-refractivity contribution in [1.82, 2.24) is 0 Å². The van der Waals surface area contributed by atoms with Gasteiger partial charge in [0, 0.05) is 18.2 Å². The lowest BCUT2D eigenvalue weighted by Crippen LogP contribution is -2.45. The molecule has 10 heteroatoms. The van der Waals surface area contributed by atoms with Crippen molar-refractivity contribution < 1.29 is 41.0 Å². The Balaban J connectivity index is 0.00000107. The van der Waals surface area contributed by atoms with Crippen LogP contribution in [0.25, 0.3) is 0 Å². The summed E-state index contributed by atoms with van der Waals surface area (Å²) in [6.07, 6.45) is -3.31.